The predicted octanol–water partition coefficient (Wildman–Crippen LogP) is 3.65. The van der Waals surface area contributed by atoms with Crippen LogP contribution in [0.3, 0.4) is 0 Å². The molecule has 0 bridgehead atoms. The number of benzene rings is 1. The van der Waals surface area contributed by atoms with Crippen LogP contribution in [0.15, 0.2) is 29.6 Å². The molecule has 0 atom stereocenters. The molecular formula is C14H9Cl2NO2S. The lowest BCUT2D eigenvalue weighted by molar-refractivity contribution is 0.102. The van der Waals surface area contributed by atoms with Crippen molar-refractivity contribution >= 4 is 46.1 Å². The molecule has 0 radical (unpaired) electrons. The van der Waals surface area contributed by atoms with Crippen molar-refractivity contribution < 1.29 is 9.90 Å². The molecule has 3 nitrogen and oxygen atoms in total. The second kappa shape index (κ2) is 6.78. The summed E-state index contributed by atoms with van der Waals surface area (Å²) in [6.07, 6.45) is 0. The van der Waals surface area contributed by atoms with E-state index in [0.29, 0.717) is 26.2 Å². The highest BCUT2D eigenvalue weighted by Gasteiger charge is 2.11. The van der Waals surface area contributed by atoms with Gasteiger partial charge in [-0.3, -0.25) is 4.79 Å². The van der Waals surface area contributed by atoms with Crippen LogP contribution in [0.25, 0.3) is 0 Å². The summed E-state index contributed by atoms with van der Waals surface area (Å²) in [4.78, 5) is 12.8. The first-order chi connectivity index (χ1) is 9.61. The zero-order chi connectivity index (χ0) is 14.5. The minimum absolute atomic E-state index is 0.211. The number of anilines is 1. The monoisotopic (exact) mass is 325 g/mol. The van der Waals surface area contributed by atoms with Crippen molar-refractivity contribution in [2.24, 2.45) is 0 Å². The number of hydrogen-bond acceptors (Lipinski definition) is 3. The van der Waals surface area contributed by atoms with Crippen LogP contribution >= 0.6 is 34.5 Å². The third-order valence-electron chi connectivity index (χ3n) is 2.35. The van der Waals surface area contributed by atoms with E-state index < -0.39 is 0 Å². The molecule has 2 N–H and O–H groups in total. The highest BCUT2D eigenvalue weighted by atomic mass is 35.5. The number of aliphatic hydroxyl groups excluding tert-OH is 1. The van der Waals surface area contributed by atoms with E-state index in [1.54, 1.807) is 29.6 Å². The molecule has 1 aromatic heterocycles. The average Bonchev–Trinajstić information content (AvgIpc) is 2.90. The number of carbonyl (C=O) groups is 1. The molecule has 0 aliphatic rings. The van der Waals surface area contributed by atoms with Crippen molar-refractivity contribution in [3.05, 3.63) is 50.1 Å². The van der Waals surface area contributed by atoms with Gasteiger partial charge in [0.1, 0.15) is 6.61 Å². The average molecular weight is 326 g/mol. The number of halogens is 2. The number of hydrogen-bond donors (Lipinski definition) is 2. The van der Waals surface area contributed by atoms with Gasteiger partial charge in [0.05, 0.1) is 26.2 Å². The molecule has 0 saturated carbocycles. The minimum Gasteiger partial charge on any atom is -0.384 e. The Morgan fingerprint density at radius 2 is 2.20 bits per heavy atom. The number of aliphatic hydroxyl groups is 1. The Balaban J connectivity index is 2.16. The molecule has 0 saturated heterocycles. The molecule has 1 heterocycles. The molecule has 102 valence electrons. The molecule has 1 amide bonds. The van der Waals surface area contributed by atoms with Crippen molar-refractivity contribution in [2.75, 3.05) is 11.9 Å². The van der Waals surface area contributed by atoms with E-state index in [2.05, 4.69) is 17.2 Å². The van der Waals surface area contributed by atoms with Crippen LogP contribution in [0.4, 0.5) is 5.69 Å². The molecule has 2 aromatic rings. The lowest BCUT2D eigenvalue weighted by Crippen LogP contribution is -2.11. The fourth-order valence-corrected chi connectivity index (χ4v) is 2.55. The van der Waals surface area contributed by atoms with Crippen molar-refractivity contribution in [1.29, 1.82) is 0 Å². The van der Waals surface area contributed by atoms with Crippen molar-refractivity contribution in [3.63, 3.8) is 0 Å². The van der Waals surface area contributed by atoms with E-state index >= 15 is 0 Å². The first kappa shape index (κ1) is 14.9. The third kappa shape index (κ3) is 3.53. The Labute approximate surface area is 130 Å². The van der Waals surface area contributed by atoms with Crippen LogP contribution in [-0.4, -0.2) is 17.6 Å². The van der Waals surface area contributed by atoms with Crippen molar-refractivity contribution in [2.45, 2.75) is 0 Å². The number of nitrogens with one attached hydrogen (secondary N) is 1. The maximum atomic E-state index is 12.1. The zero-order valence-corrected chi connectivity index (χ0v) is 12.4. The standard InChI is InChI=1S/C14H9Cl2NO2S/c15-11-4-1-5-12(13(11)16)17-14(19)9-7-10(20-8-9)3-2-6-18/h1,4-5,7-8,18H,6H2,(H,17,19). The van der Waals surface area contributed by atoms with Crippen LogP contribution in [0.2, 0.25) is 10.0 Å². The van der Waals surface area contributed by atoms with Crippen LogP contribution in [0.5, 0.6) is 0 Å². The quantitative estimate of drug-likeness (QED) is 0.828. The van der Waals surface area contributed by atoms with Gasteiger partial charge in [0.2, 0.25) is 0 Å². The Kier molecular flexibility index (Phi) is 5.05. The molecule has 0 unspecified atom stereocenters. The molecule has 6 heteroatoms. The Morgan fingerprint density at radius 1 is 1.40 bits per heavy atom. The highest BCUT2D eigenvalue weighted by molar-refractivity contribution is 7.10. The first-order valence-electron chi connectivity index (χ1n) is 5.55. The van der Waals surface area contributed by atoms with Gasteiger partial charge in [0.15, 0.2) is 0 Å². The second-order valence-corrected chi connectivity index (χ2v) is 5.41. The maximum absolute atomic E-state index is 12.1. The highest BCUT2D eigenvalue weighted by Crippen LogP contribution is 2.30. The smallest absolute Gasteiger partial charge is 0.256 e. The fraction of sp³-hybridized carbons (Fsp3) is 0.0714. The third-order valence-corrected chi connectivity index (χ3v) is 4.02. The molecular weight excluding hydrogens is 317 g/mol. The molecule has 0 spiro atoms. The molecule has 0 aliphatic heterocycles. The summed E-state index contributed by atoms with van der Waals surface area (Å²) < 4.78 is 0. The molecule has 2 rings (SSSR count). The van der Waals surface area contributed by atoms with Gasteiger partial charge in [-0.15, -0.1) is 11.3 Å². The minimum atomic E-state index is -0.289. The topological polar surface area (TPSA) is 49.3 Å². The summed E-state index contributed by atoms with van der Waals surface area (Å²) in [5.74, 6) is 4.98. The summed E-state index contributed by atoms with van der Waals surface area (Å²) in [6.45, 7) is -0.211. The summed E-state index contributed by atoms with van der Waals surface area (Å²) in [5, 5.41) is 13.7. The van der Waals surface area contributed by atoms with E-state index in [0.717, 1.165) is 0 Å². The van der Waals surface area contributed by atoms with Crippen molar-refractivity contribution in [1.82, 2.24) is 0 Å². The Hall–Kier alpha value is -1.51. The van der Waals surface area contributed by atoms with Gasteiger partial charge in [0, 0.05) is 5.38 Å². The van der Waals surface area contributed by atoms with E-state index in [9.17, 15) is 4.79 Å². The summed E-state index contributed by atoms with van der Waals surface area (Å²) in [6, 6.07) is 6.67. The van der Waals surface area contributed by atoms with Gasteiger partial charge in [0.25, 0.3) is 5.91 Å². The van der Waals surface area contributed by atoms with Crippen molar-refractivity contribution in [3.8, 4) is 11.8 Å². The number of carbonyl (C=O) groups excluding carboxylic acids is 1. The number of thiophene rings is 1. The summed E-state index contributed by atoms with van der Waals surface area (Å²) in [7, 11) is 0. The van der Waals surface area contributed by atoms with Gasteiger partial charge >= 0.3 is 0 Å². The molecule has 0 fully saturated rings. The summed E-state index contributed by atoms with van der Waals surface area (Å²) >= 11 is 13.2. The Morgan fingerprint density at radius 3 is 2.95 bits per heavy atom. The zero-order valence-electron chi connectivity index (χ0n) is 10.1. The fourth-order valence-electron chi connectivity index (χ4n) is 1.44. The normalized spacial score (nSPS) is 9.75. The Bertz CT molecular complexity index is 701. The van der Waals surface area contributed by atoms with E-state index in [1.165, 1.54) is 11.3 Å². The van der Waals surface area contributed by atoms with E-state index in [4.69, 9.17) is 28.3 Å². The summed E-state index contributed by atoms with van der Waals surface area (Å²) in [5.41, 5.74) is 0.937. The number of rotatable bonds is 2. The van der Waals surface area contributed by atoms with Crippen LogP contribution in [0, 0.1) is 11.8 Å². The molecule has 1 aromatic carbocycles. The van der Waals surface area contributed by atoms with Gasteiger partial charge in [-0.2, -0.15) is 0 Å². The lowest BCUT2D eigenvalue weighted by Gasteiger charge is -2.06. The van der Waals surface area contributed by atoms with Crippen LogP contribution in [-0.2, 0) is 0 Å². The van der Waals surface area contributed by atoms with Crippen LogP contribution < -0.4 is 5.32 Å². The second-order valence-electron chi connectivity index (χ2n) is 3.72. The van der Waals surface area contributed by atoms with Gasteiger partial charge < -0.3 is 10.4 Å². The van der Waals surface area contributed by atoms with E-state index in [-0.39, 0.29) is 12.5 Å². The first-order valence-corrected chi connectivity index (χ1v) is 7.19. The largest absolute Gasteiger partial charge is 0.384 e. The molecule has 20 heavy (non-hydrogen) atoms. The SMILES string of the molecule is O=C(Nc1cccc(Cl)c1Cl)c1csc(C#CCO)c1. The van der Waals surface area contributed by atoms with Gasteiger partial charge in [-0.25, -0.2) is 0 Å². The molecule has 0 aliphatic carbocycles. The lowest BCUT2D eigenvalue weighted by atomic mass is 10.2. The van der Waals surface area contributed by atoms with Gasteiger partial charge in [-0.1, -0.05) is 41.1 Å². The maximum Gasteiger partial charge on any atom is 0.256 e. The van der Waals surface area contributed by atoms with E-state index in [1.807, 2.05) is 0 Å². The van der Waals surface area contributed by atoms with Gasteiger partial charge in [-0.05, 0) is 18.2 Å². The van der Waals surface area contributed by atoms with Crippen LogP contribution in [0.1, 0.15) is 15.2 Å². The predicted molar refractivity (Wildman–Crippen MR) is 82.7 cm³/mol. The number of amides is 1.